The van der Waals surface area contributed by atoms with Crippen LogP contribution < -0.4 is 5.73 Å². The first kappa shape index (κ1) is 11.6. The third kappa shape index (κ3) is 2.14. The van der Waals surface area contributed by atoms with E-state index in [-0.39, 0.29) is 6.54 Å². The minimum Gasteiger partial charge on any atom is -0.382 e. The minimum atomic E-state index is -0.598. The molecule has 2 N–H and O–H groups in total. The Balaban J connectivity index is 2.06. The molecule has 0 amide bonds. The molecule has 5 heteroatoms. The lowest BCUT2D eigenvalue weighted by molar-refractivity contribution is 0.576. The first-order valence-corrected chi connectivity index (χ1v) is 5.79. The number of hydrogen-bond donors (Lipinski definition) is 1. The summed E-state index contributed by atoms with van der Waals surface area (Å²) in [6.07, 6.45) is 0. The van der Waals surface area contributed by atoms with Gasteiger partial charge in [-0.05, 0) is 29.8 Å². The zero-order valence-electron chi connectivity index (χ0n) is 9.98. The first-order chi connectivity index (χ1) is 9.13. The molecule has 0 saturated heterocycles. The fourth-order valence-corrected chi connectivity index (χ4v) is 2.15. The Labute approximate surface area is 108 Å². The van der Waals surface area contributed by atoms with Crippen LogP contribution in [0.2, 0.25) is 0 Å². The molecule has 0 spiro atoms. The molecule has 0 aliphatic heterocycles. The van der Waals surface area contributed by atoms with Crippen molar-refractivity contribution in [2.75, 3.05) is 5.73 Å². The SMILES string of the molecule is Nc1nn(Cc2cc(F)cc(F)c2)c2ccccc12. The molecule has 3 rings (SSSR count). The van der Waals surface area contributed by atoms with Crippen molar-refractivity contribution in [2.45, 2.75) is 6.54 Å². The molecule has 1 heterocycles. The third-order valence-corrected chi connectivity index (χ3v) is 2.94. The summed E-state index contributed by atoms with van der Waals surface area (Å²) in [5.74, 6) is -0.786. The van der Waals surface area contributed by atoms with Gasteiger partial charge in [0.2, 0.25) is 0 Å². The fraction of sp³-hybridized carbons (Fsp3) is 0.0714. The number of hydrogen-bond acceptors (Lipinski definition) is 2. The van der Waals surface area contributed by atoms with Crippen LogP contribution in [0.5, 0.6) is 0 Å². The van der Waals surface area contributed by atoms with Crippen molar-refractivity contribution in [2.24, 2.45) is 0 Å². The van der Waals surface area contributed by atoms with Crippen molar-refractivity contribution in [1.29, 1.82) is 0 Å². The van der Waals surface area contributed by atoms with E-state index in [0.29, 0.717) is 11.4 Å². The molecule has 0 aliphatic rings. The van der Waals surface area contributed by atoms with Crippen molar-refractivity contribution < 1.29 is 8.78 Å². The molecule has 0 bridgehead atoms. The molecule has 3 nitrogen and oxygen atoms in total. The maximum Gasteiger partial charge on any atom is 0.153 e. The number of fused-ring (bicyclic) bond motifs is 1. The van der Waals surface area contributed by atoms with Gasteiger partial charge < -0.3 is 5.73 Å². The summed E-state index contributed by atoms with van der Waals surface area (Å²) in [5, 5.41) is 5.03. The number of nitrogens with two attached hydrogens (primary N) is 1. The topological polar surface area (TPSA) is 43.8 Å². The number of halogens is 2. The van der Waals surface area contributed by atoms with Crippen LogP contribution >= 0.6 is 0 Å². The van der Waals surface area contributed by atoms with E-state index in [1.165, 1.54) is 12.1 Å². The number of para-hydroxylation sites is 1. The molecule has 96 valence electrons. The summed E-state index contributed by atoms with van der Waals surface area (Å²) in [6, 6.07) is 10.9. The van der Waals surface area contributed by atoms with Crippen LogP contribution in [0.3, 0.4) is 0 Å². The average molecular weight is 259 g/mol. The Hall–Kier alpha value is -2.43. The molecule has 0 atom stereocenters. The lowest BCUT2D eigenvalue weighted by atomic mass is 10.2. The van der Waals surface area contributed by atoms with E-state index in [4.69, 9.17) is 5.73 Å². The van der Waals surface area contributed by atoms with Gasteiger partial charge in [-0.25, -0.2) is 8.78 Å². The van der Waals surface area contributed by atoms with Gasteiger partial charge in [0, 0.05) is 11.5 Å². The van der Waals surface area contributed by atoms with E-state index >= 15 is 0 Å². The van der Waals surface area contributed by atoms with E-state index in [0.717, 1.165) is 17.0 Å². The lowest BCUT2D eigenvalue weighted by Gasteiger charge is -2.04. The standard InChI is InChI=1S/C14H11F2N3/c15-10-5-9(6-11(16)7-10)8-19-13-4-2-1-3-12(13)14(17)18-19/h1-7H,8H2,(H2,17,18). The fourth-order valence-electron chi connectivity index (χ4n) is 2.15. The predicted molar refractivity (Wildman–Crippen MR) is 69.6 cm³/mol. The van der Waals surface area contributed by atoms with Crippen LogP contribution in [-0.4, -0.2) is 9.78 Å². The molecule has 0 fully saturated rings. The molecule has 0 radical (unpaired) electrons. The molecular weight excluding hydrogens is 248 g/mol. The molecule has 3 aromatic rings. The van der Waals surface area contributed by atoms with Gasteiger partial charge in [-0.2, -0.15) is 5.10 Å². The van der Waals surface area contributed by atoms with E-state index in [2.05, 4.69) is 5.10 Å². The molecule has 2 aromatic carbocycles. The highest BCUT2D eigenvalue weighted by molar-refractivity contribution is 5.89. The quantitative estimate of drug-likeness (QED) is 0.769. The van der Waals surface area contributed by atoms with Gasteiger partial charge in [0.25, 0.3) is 0 Å². The second-order valence-corrected chi connectivity index (χ2v) is 4.34. The van der Waals surface area contributed by atoms with Crippen LogP contribution in [-0.2, 0) is 6.54 Å². The van der Waals surface area contributed by atoms with Gasteiger partial charge in [0.05, 0.1) is 12.1 Å². The summed E-state index contributed by atoms with van der Waals surface area (Å²) in [5.41, 5.74) is 7.15. The highest BCUT2D eigenvalue weighted by atomic mass is 19.1. The summed E-state index contributed by atoms with van der Waals surface area (Å²) >= 11 is 0. The number of rotatable bonds is 2. The molecule has 0 aliphatic carbocycles. The molecule has 0 saturated carbocycles. The number of nitrogen functional groups attached to an aromatic ring is 1. The van der Waals surface area contributed by atoms with Crippen LogP contribution in [0.1, 0.15) is 5.56 Å². The second-order valence-electron chi connectivity index (χ2n) is 4.34. The maximum absolute atomic E-state index is 13.2. The lowest BCUT2D eigenvalue weighted by Crippen LogP contribution is -2.03. The summed E-state index contributed by atoms with van der Waals surface area (Å²) in [7, 11) is 0. The molecule has 1 aromatic heterocycles. The van der Waals surface area contributed by atoms with Crippen molar-refractivity contribution in [3.63, 3.8) is 0 Å². The molecular formula is C14H11F2N3. The number of anilines is 1. The van der Waals surface area contributed by atoms with Gasteiger partial charge in [-0.15, -0.1) is 0 Å². The van der Waals surface area contributed by atoms with Gasteiger partial charge in [0.1, 0.15) is 11.6 Å². The first-order valence-electron chi connectivity index (χ1n) is 5.79. The van der Waals surface area contributed by atoms with Crippen molar-refractivity contribution in [3.8, 4) is 0 Å². The van der Waals surface area contributed by atoms with Crippen LogP contribution in [0.15, 0.2) is 42.5 Å². The van der Waals surface area contributed by atoms with Crippen LogP contribution in [0.4, 0.5) is 14.6 Å². The van der Waals surface area contributed by atoms with Crippen molar-refractivity contribution in [1.82, 2.24) is 9.78 Å². The van der Waals surface area contributed by atoms with E-state index in [1.54, 1.807) is 4.68 Å². The Morgan fingerprint density at radius 1 is 1.05 bits per heavy atom. The monoisotopic (exact) mass is 259 g/mol. The number of nitrogens with zero attached hydrogens (tertiary/aromatic N) is 2. The Kier molecular flexibility index (Phi) is 2.67. The normalized spacial score (nSPS) is 11.1. The van der Waals surface area contributed by atoms with E-state index in [9.17, 15) is 8.78 Å². The van der Waals surface area contributed by atoms with Crippen LogP contribution in [0, 0.1) is 11.6 Å². The summed E-state index contributed by atoms with van der Waals surface area (Å²) < 4.78 is 27.9. The van der Waals surface area contributed by atoms with Gasteiger partial charge >= 0.3 is 0 Å². The zero-order chi connectivity index (χ0) is 13.4. The maximum atomic E-state index is 13.2. The largest absolute Gasteiger partial charge is 0.382 e. The smallest absolute Gasteiger partial charge is 0.153 e. The minimum absolute atomic E-state index is 0.270. The van der Waals surface area contributed by atoms with E-state index in [1.807, 2.05) is 24.3 Å². The van der Waals surface area contributed by atoms with Crippen LogP contribution in [0.25, 0.3) is 10.9 Å². The highest BCUT2D eigenvalue weighted by Crippen LogP contribution is 2.21. The summed E-state index contributed by atoms with van der Waals surface area (Å²) in [4.78, 5) is 0. The number of aromatic nitrogens is 2. The van der Waals surface area contributed by atoms with Gasteiger partial charge in [0.15, 0.2) is 5.82 Å². The van der Waals surface area contributed by atoms with Gasteiger partial charge in [-0.1, -0.05) is 12.1 Å². The van der Waals surface area contributed by atoms with Gasteiger partial charge in [-0.3, -0.25) is 4.68 Å². The Bertz CT molecular complexity index is 729. The summed E-state index contributed by atoms with van der Waals surface area (Å²) in [6.45, 7) is 0.270. The second kappa shape index (κ2) is 4.35. The Morgan fingerprint density at radius 2 is 1.74 bits per heavy atom. The van der Waals surface area contributed by atoms with E-state index < -0.39 is 11.6 Å². The molecule has 0 unspecified atom stereocenters. The van der Waals surface area contributed by atoms with Crippen molar-refractivity contribution >= 4 is 16.7 Å². The number of benzene rings is 2. The average Bonchev–Trinajstić information content (AvgIpc) is 2.66. The molecule has 19 heavy (non-hydrogen) atoms. The zero-order valence-corrected chi connectivity index (χ0v) is 9.98. The predicted octanol–water partition coefficient (Wildman–Crippen LogP) is 2.95. The third-order valence-electron chi connectivity index (χ3n) is 2.94. The Morgan fingerprint density at radius 3 is 2.47 bits per heavy atom. The van der Waals surface area contributed by atoms with Crippen molar-refractivity contribution in [3.05, 3.63) is 59.7 Å². The highest BCUT2D eigenvalue weighted by Gasteiger charge is 2.08.